The van der Waals surface area contributed by atoms with E-state index in [0.29, 0.717) is 0 Å². The zero-order valence-electron chi connectivity index (χ0n) is 7.86. The SMILES string of the molecule is Cc1c(F)ccc(CC(=O)O)c1[N+](=O)[O-]. The zero-order valence-corrected chi connectivity index (χ0v) is 7.86. The molecule has 0 bridgehead atoms. The van der Waals surface area contributed by atoms with Gasteiger partial charge in [-0.2, -0.15) is 0 Å². The van der Waals surface area contributed by atoms with E-state index < -0.39 is 28.8 Å². The molecule has 0 unspecified atom stereocenters. The van der Waals surface area contributed by atoms with Crippen LogP contribution >= 0.6 is 0 Å². The second-order valence-electron chi connectivity index (χ2n) is 3.01. The molecule has 0 atom stereocenters. The van der Waals surface area contributed by atoms with E-state index in [9.17, 15) is 19.3 Å². The molecule has 0 radical (unpaired) electrons. The Hall–Kier alpha value is -1.98. The Morgan fingerprint density at radius 3 is 2.67 bits per heavy atom. The number of hydrogen-bond donors (Lipinski definition) is 1. The van der Waals surface area contributed by atoms with Gasteiger partial charge in [0.15, 0.2) is 0 Å². The lowest BCUT2D eigenvalue weighted by molar-refractivity contribution is -0.386. The lowest BCUT2D eigenvalue weighted by Crippen LogP contribution is -2.06. The average Bonchev–Trinajstić information content (AvgIpc) is 2.10. The molecule has 0 fully saturated rings. The van der Waals surface area contributed by atoms with Crippen molar-refractivity contribution in [2.75, 3.05) is 0 Å². The lowest BCUT2D eigenvalue weighted by atomic mass is 10.1. The quantitative estimate of drug-likeness (QED) is 0.611. The van der Waals surface area contributed by atoms with E-state index in [1.54, 1.807) is 0 Å². The van der Waals surface area contributed by atoms with Crippen molar-refractivity contribution in [2.45, 2.75) is 13.3 Å². The molecule has 0 heterocycles. The van der Waals surface area contributed by atoms with E-state index >= 15 is 0 Å². The van der Waals surface area contributed by atoms with Gasteiger partial charge in [0.1, 0.15) is 5.82 Å². The van der Waals surface area contributed by atoms with Gasteiger partial charge in [-0.25, -0.2) is 4.39 Å². The highest BCUT2D eigenvalue weighted by atomic mass is 19.1. The Balaban J connectivity index is 3.33. The minimum atomic E-state index is -1.19. The molecule has 0 aliphatic heterocycles. The van der Waals surface area contributed by atoms with Crippen molar-refractivity contribution in [3.05, 3.63) is 39.2 Å². The van der Waals surface area contributed by atoms with Gasteiger partial charge in [-0.1, -0.05) is 0 Å². The maximum atomic E-state index is 13.0. The molecule has 1 N–H and O–H groups in total. The average molecular weight is 213 g/mol. The lowest BCUT2D eigenvalue weighted by Gasteiger charge is -2.03. The van der Waals surface area contributed by atoms with Crippen molar-refractivity contribution in [2.24, 2.45) is 0 Å². The van der Waals surface area contributed by atoms with Crippen molar-refractivity contribution in [1.82, 2.24) is 0 Å². The fourth-order valence-electron chi connectivity index (χ4n) is 1.29. The van der Waals surface area contributed by atoms with E-state index in [1.807, 2.05) is 0 Å². The second kappa shape index (κ2) is 4.04. The minimum absolute atomic E-state index is 0.00593. The summed E-state index contributed by atoms with van der Waals surface area (Å²) < 4.78 is 13.0. The van der Waals surface area contributed by atoms with Crippen molar-refractivity contribution in [3.8, 4) is 0 Å². The Morgan fingerprint density at radius 1 is 1.60 bits per heavy atom. The van der Waals surface area contributed by atoms with E-state index in [4.69, 9.17) is 5.11 Å². The monoisotopic (exact) mass is 213 g/mol. The predicted octanol–water partition coefficient (Wildman–Crippen LogP) is 1.67. The third-order valence-corrected chi connectivity index (χ3v) is 1.97. The molecule has 0 aromatic heterocycles. The van der Waals surface area contributed by atoms with Crippen LogP contribution in [0.3, 0.4) is 0 Å². The standard InChI is InChI=1S/C9H8FNO4/c1-5-7(10)3-2-6(4-8(12)13)9(5)11(14)15/h2-3H,4H2,1H3,(H,12,13). The predicted molar refractivity (Wildman–Crippen MR) is 49.1 cm³/mol. The van der Waals surface area contributed by atoms with E-state index in [-0.39, 0.29) is 11.1 Å². The number of carboxylic acids is 1. The number of aliphatic carboxylic acids is 1. The molecule has 1 aromatic rings. The third-order valence-electron chi connectivity index (χ3n) is 1.97. The smallest absolute Gasteiger partial charge is 0.308 e. The first-order valence-electron chi connectivity index (χ1n) is 4.07. The Kier molecular flexibility index (Phi) is 2.99. The summed E-state index contributed by atoms with van der Waals surface area (Å²) in [6.45, 7) is 1.25. The molecule has 80 valence electrons. The van der Waals surface area contributed by atoms with Gasteiger partial charge in [0, 0.05) is 5.56 Å². The van der Waals surface area contributed by atoms with Crippen molar-refractivity contribution >= 4 is 11.7 Å². The number of nitro benzene ring substituents is 1. The van der Waals surface area contributed by atoms with Gasteiger partial charge in [-0.05, 0) is 19.1 Å². The van der Waals surface area contributed by atoms with Gasteiger partial charge >= 0.3 is 5.97 Å². The summed E-state index contributed by atoms with van der Waals surface area (Å²) in [6.07, 6.45) is -0.489. The highest BCUT2D eigenvalue weighted by molar-refractivity contribution is 5.72. The number of hydrogen-bond acceptors (Lipinski definition) is 3. The summed E-state index contributed by atoms with van der Waals surface area (Å²) in [5.41, 5.74) is -0.595. The van der Waals surface area contributed by atoms with Crippen LogP contribution in [0.2, 0.25) is 0 Å². The summed E-state index contributed by atoms with van der Waals surface area (Å²) in [7, 11) is 0. The number of rotatable bonds is 3. The third kappa shape index (κ3) is 2.28. The van der Waals surface area contributed by atoms with Crippen molar-refractivity contribution in [3.63, 3.8) is 0 Å². The number of nitrogens with zero attached hydrogens (tertiary/aromatic N) is 1. The van der Waals surface area contributed by atoms with E-state index in [2.05, 4.69) is 0 Å². The van der Waals surface area contributed by atoms with E-state index in [1.165, 1.54) is 6.92 Å². The van der Waals surface area contributed by atoms with Gasteiger partial charge in [-0.15, -0.1) is 0 Å². The summed E-state index contributed by atoms with van der Waals surface area (Å²) in [6, 6.07) is 2.15. The van der Waals surface area contributed by atoms with E-state index in [0.717, 1.165) is 12.1 Å². The summed E-state index contributed by atoms with van der Waals surface area (Å²) in [5, 5.41) is 19.1. The van der Waals surface area contributed by atoms with Crippen LogP contribution in [-0.4, -0.2) is 16.0 Å². The Morgan fingerprint density at radius 2 is 2.20 bits per heavy atom. The number of nitro groups is 1. The molecule has 6 heteroatoms. The number of carboxylic acid groups (broad SMARTS) is 1. The highest BCUT2D eigenvalue weighted by Gasteiger charge is 2.21. The fourth-order valence-corrected chi connectivity index (χ4v) is 1.29. The molecule has 0 saturated carbocycles. The van der Waals surface area contributed by atoms with Crippen LogP contribution in [0.4, 0.5) is 10.1 Å². The van der Waals surface area contributed by atoms with Gasteiger partial charge < -0.3 is 5.11 Å². The normalized spacial score (nSPS) is 10.0. The molecule has 0 aliphatic rings. The maximum Gasteiger partial charge on any atom is 0.308 e. The zero-order chi connectivity index (χ0) is 11.6. The van der Waals surface area contributed by atoms with Gasteiger partial charge in [0.2, 0.25) is 0 Å². The molecule has 0 aliphatic carbocycles. The van der Waals surface area contributed by atoms with Crippen LogP contribution < -0.4 is 0 Å². The summed E-state index contributed by atoms with van der Waals surface area (Å²) >= 11 is 0. The molecule has 0 saturated heterocycles. The Labute approximate surface area is 84.3 Å². The van der Waals surface area contributed by atoms with Crippen LogP contribution in [0, 0.1) is 22.9 Å². The first-order chi connectivity index (χ1) is 6.93. The van der Waals surface area contributed by atoms with Crippen molar-refractivity contribution in [1.29, 1.82) is 0 Å². The molecule has 15 heavy (non-hydrogen) atoms. The summed E-state index contributed by atoms with van der Waals surface area (Å²) in [5.74, 6) is -1.90. The first-order valence-corrected chi connectivity index (χ1v) is 4.07. The van der Waals surface area contributed by atoms with Crippen LogP contribution in [0.25, 0.3) is 0 Å². The molecule has 0 amide bonds. The molecular weight excluding hydrogens is 205 g/mol. The van der Waals surface area contributed by atoms with Gasteiger partial charge in [-0.3, -0.25) is 14.9 Å². The number of benzene rings is 1. The number of halogens is 1. The summed E-state index contributed by atoms with van der Waals surface area (Å²) in [4.78, 5) is 20.3. The van der Waals surface area contributed by atoms with Gasteiger partial charge in [0.25, 0.3) is 5.69 Å². The van der Waals surface area contributed by atoms with Crippen molar-refractivity contribution < 1.29 is 19.2 Å². The first kappa shape index (κ1) is 11.1. The topological polar surface area (TPSA) is 80.4 Å². The largest absolute Gasteiger partial charge is 0.481 e. The van der Waals surface area contributed by atoms with Crippen LogP contribution in [0.5, 0.6) is 0 Å². The molecule has 5 nitrogen and oxygen atoms in total. The minimum Gasteiger partial charge on any atom is -0.481 e. The fraction of sp³-hybridized carbons (Fsp3) is 0.222. The van der Waals surface area contributed by atoms with Gasteiger partial charge in [0.05, 0.1) is 16.9 Å². The van der Waals surface area contributed by atoms with Crippen LogP contribution in [0.15, 0.2) is 12.1 Å². The molecular formula is C9H8FNO4. The number of carbonyl (C=O) groups is 1. The maximum absolute atomic E-state index is 13.0. The van der Waals surface area contributed by atoms with Crippen LogP contribution in [-0.2, 0) is 11.2 Å². The molecule has 1 aromatic carbocycles. The second-order valence-corrected chi connectivity index (χ2v) is 3.01. The molecule has 1 rings (SSSR count). The highest BCUT2D eigenvalue weighted by Crippen LogP contribution is 2.25. The Bertz CT molecular complexity index is 430. The molecule has 0 spiro atoms. The van der Waals surface area contributed by atoms with Crippen LogP contribution in [0.1, 0.15) is 11.1 Å².